The van der Waals surface area contributed by atoms with Gasteiger partial charge in [-0.2, -0.15) is 18.4 Å². The quantitative estimate of drug-likeness (QED) is 0.625. The van der Waals surface area contributed by atoms with E-state index in [1.807, 2.05) is 0 Å². The van der Waals surface area contributed by atoms with Crippen LogP contribution in [0.2, 0.25) is 0 Å². The highest BCUT2D eigenvalue weighted by atomic mass is 79.9. The molecular formula is C12H9BrF3NO2. The Bertz CT molecular complexity index is 535. The molecule has 102 valence electrons. The van der Waals surface area contributed by atoms with Gasteiger partial charge in [-0.25, -0.2) is 4.79 Å². The molecule has 0 saturated heterocycles. The first-order valence-corrected chi connectivity index (χ1v) is 6.34. The van der Waals surface area contributed by atoms with E-state index >= 15 is 0 Å². The van der Waals surface area contributed by atoms with Crippen molar-refractivity contribution in [3.05, 3.63) is 34.4 Å². The number of nitriles is 1. The van der Waals surface area contributed by atoms with Crippen molar-refractivity contribution in [3.63, 3.8) is 0 Å². The Labute approximate surface area is 116 Å². The summed E-state index contributed by atoms with van der Waals surface area (Å²) in [6, 6.07) is 3.52. The number of alkyl halides is 4. The maximum Gasteiger partial charge on any atom is 0.417 e. The molecule has 3 nitrogen and oxygen atoms in total. The van der Waals surface area contributed by atoms with Crippen LogP contribution in [0.1, 0.15) is 34.0 Å². The number of carbonyl (C=O) groups excluding carboxylic acids is 1. The molecule has 0 atom stereocenters. The van der Waals surface area contributed by atoms with Crippen molar-refractivity contribution in [1.82, 2.24) is 0 Å². The van der Waals surface area contributed by atoms with Crippen LogP contribution < -0.4 is 0 Å². The lowest BCUT2D eigenvalue weighted by Crippen LogP contribution is -2.18. The highest BCUT2D eigenvalue weighted by Gasteiger charge is 2.37. The first-order chi connectivity index (χ1) is 8.85. The van der Waals surface area contributed by atoms with E-state index in [0.29, 0.717) is 6.07 Å². The normalized spacial score (nSPS) is 10.9. The third-order valence-corrected chi connectivity index (χ3v) is 2.88. The van der Waals surface area contributed by atoms with Gasteiger partial charge in [0.2, 0.25) is 0 Å². The molecule has 0 aliphatic rings. The van der Waals surface area contributed by atoms with Gasteiger partial charge in [0.1, 0.15) is 0 Å². The van der Waals surface area contributed by atoms with Gasteiger partial charge in [-0.1, -0.05) is 15.9 Å². The van der Waals surface area contributed by atoms with Crippen LogP contribution in [0.4, 0.5) is 13.2 Å². The average molecular weight is 336 g/mol. The fourth-order valence-electron chi connectivity index (χ4n) is 1.54. The van der Waals surface area contributed by atoms with E-state index in [-0.39, 0.29) is 23.1 Å². The van der Waals surface area contributed by atoms with Gasteiger partial charge >= 0.3 is 12.1 Å². The summed E-state index contributed by atoms with van der Waals surface area (Å²) in [7, 11) is 0. The molecule has 0 spiro atoms. The lowest BCUT2D eigenvalue weighted by atomic mass is 9.98. The number of carbonyl (C=O) groups is 1. The minimum atomic E-state index is -4.73. The molecule has 1 rings (SSSR count). The van der Waals surface area contributed by atoms with Crippen LogP contribution in [0.3, 0.4) is 0 Å². The molecule has 0 bridgehead atoms. The van der Waals surface area contributed by atoms with Gasteiger partial charge in [0.15, 0.2) is 0 Å². The van der Waals surface area contributed by atoms with E-state index in [2.05, 4.69) is 20.7 Å². The Morgan fingerprint density at radius 2 is 2.11 bits per heavy atom. The molecule has 0 amide bonds. The molecule has 0 aliphatic carbocycles. The number of nitrogens with zero attached hydrogens (tertiary/aromatic N) is 1. The Kier molecular flexibility index (Phi) is 4.95. The van der Waals surface area contributed by atoms with Gasteiger partial charge in [0, 0.05) is 5.33 Å². The summed E-state index contributed by atoms with van der Waals surface area (Å²) >= 11 is 3.01. The molecule has 0 N–H and O–H groups in total. The number of esters is 1. The lowest BCUT2D eigenvalue weighted by Gasteiger charge is -2.15. The molecular weight excluding hydrogens is 327 g/mol. The summed E-state index contributed by atoms with van der Waals surface area (Å²) in [6.45, 7) is 1.47. The van der Waals surface area contributed by atoms with E-state index in [0.717, 1.165) is 0 Å². The van der Waals surface area contributed by atoms with Crippen LogP contribution >= 0.6 is 15.9 Å². The van der Waals surface area contributed by atoms with Crippen LogP contribution in [-0.4, -0.2) is 12.6 Å². The van der Waals surface area contributed by atoms with Crippen LogP contribution in [-0.2, 0) is 16.2 Å². The van der Waals surface area contributed by atoms with E-state index in [1.165, 1.54) is 13.0 Å². The van der Waals surface area contributed by atoms with Gasteiger partial charge in [0.25, 0.3) is 0 Å². The van der Waals surface area contributed by atoms with Crippen molar-refractivity contribution >= 4 is 21.9 Å². The topological polar surface area (TPSA) is 50.1 Å². The number of rotatable bonds is 3. The summed E-state index contributed by atoms with van der Waals surface area (Å²) in [5.74, 6) is -1.05. The van der Waals surface area contributed by atoms with E-state index in [1.54, 1.807) is 6.07 Å². The van der Waals surface area contributed by atoms with E-state index < -0.39 is 23.3 Å². The first-order valence-electron chi connectivity index (χ1n) is 5.22. The SMILES string of the molecule is CCOC(=O)c1c(CBr)cc(C#N)cc1C(F)(F)F. The highest BCUT2D eigenvalue weighted by molar-refractivity contribution is 9.08. The van der Waals surface area contributed by atoms with E-state index in [9.17, 15) is 18.0 Å². The lowest BCUT2D eigenvalue weighted by molar-refractivity contribution is -0.138. The Morgan fingerprint density at radius 1 is 1.47 bits per heavy atom. The van der Waals surface area contributed by atoms with Crippen molar-refractivity contribution in [3.8, 4) is 6.07 Å². The molecule has 1 aromatic rings. The summed E-state index contributed by atoms with van der Waals surface area (Å²) in [5.41, 5.74) is -1.79. The third kappa shape index (κ3) is 3.47. The minimum absolute atomic E-state index is 0.0136. The smallest absolute Gasteiger partial charge is 0.417 e. The zero-order valence-corrected chi connectivity index (χ0v) is 11.4. The number of ether oxygens (including phenoxy) is 1. The molecule has 0 aromatic heterocycles. The van der Waals surface area contributed by atoms with Crippen molar-refractivity contribution in [2.45, 2.75) is 18.4 Å². The predicted octanol–water partition coefficient (Wildman–Crippen LogP) is 3.65. The summed E-state index contributed by atoms with van der Waals surface area (Å²) in [5, 5.41) is 8.75. The standard InChI is InChI=1S/C12H9BrF3NO2/c1-2-19-11(18)10-8(5-13)3-7(6-17)4-9(10)12(14,15)16/h3-4H,2,5H2,1H3. The second kappa shape index (κ2) is 6.06. The Hall–Kier alpha value is -1.55. The van der Waals surface area contributed by atoms with Gasteiger partial charge < -0.3 is 4.74 Å². The van der Waals surface area contributed by atoms with Gasteiger partial charge in [-0.3, -0.25) is 0 Å². The zero-order chi connectivity index (χ0) is 14.6. The van der Waals surface area contributed by atoms with Crippen molar-refractivity contribution in [1.29, 1.82) is 5.26 Å². The van der Waals surface area contributed by atoms with Gasteiger partial charge in [0.05, 0.1) is 29.4 Å². The molecule has 0 fully saturated rings. The Balaban J connectivity index is 3.57. The van der Waals surface area contributed by atoms with Gasteiger partial charge in [-0.05, 0) is 24.6 Å². The predicted molar refractivity (Wildman–Crippen MR) is 64.7 cm³/mol. The highest BCUT2D eigenvalue weighted by Crippen LogP contribution is 2.35. The number of halogens is 4. The molecule has 0 radical (unpaired) electrons. The van der Waals surface area contributed by atoms with Crippen molar-refractivity contribution in [2.75, 3.05) is 6.61 Å². The summed E-state index contributed by atoms with van der Waals surface area (Å²) in [4.78, 5) is 11.7. The number of hydrogen-bond acceptors (Lipinski definition) is 3. The number of hydrogen-bond donors (Lipinski definition) is 0. The second-order valence-electron chi connectivity index (χ2n) is 3.52. The Morgan fingerprint density at radius 3 is 2.53 bits per heavy atom. The molecule has 0 heterocycles. The van der Waals surface area contributed by atoms with Crippen molar-refractivity contribution < 1.29 is 22.7 Å². The molecule has 0 unspecified atom stereocenters. The maximum absolute atomic E-state index is 12.9. The third-order valence-electron chi connectivity index (χ3n) is 2.28. The maximum atomic E-state index is 12.9. The largest absolute Gasteiger partial charge is 0.462 e. The molecule has 19 heavy (non-hydrogen) atoms. The minimum Gasteiger partial charge on any atom is -0.462 e. The summed E-state index contributed by atoms with van der Waals surface area (Å²) < 4.78 is 43.5. The van der Waals surface area contributed by atoms with Gasteiger partial charge in [-0.15, -0.1) is 0 Å². The first kappa shape index (κ1) is 15.5. The van der Waals surface area contributed by atoms with Crippen LogP contribution in [0.25, 0.3) is 0 Å². The molecule has 0 aliphatic heterocycles. The molecule has 7 heteroatoms. The molecule has 0 saturated carbocycles. The van der Waals surface area contributed by atoms with Crippen molar-refractivity contribution in [2.24, 2.45) is 0 Å². The van der Waals surface area contributed by atoms with Crippen LogP contribution in [0, 0.1) is 11.3 Å². The molecule has 1 aromatic carbocycles. The second-order valence-corrected chi connectivity index (χ2v) is 4.08. The van der Waals surface area contributed by atoms with Crippen LogP contribution in [0.15, 0.2) is 12.1 Å². The average Bonchev–Trinajstić information content (AvgIpc) is 2.36. The fourth-order valence-corrected chi connectivity index (χ4v) is 1.98. The summed E-state index contributed by atoms with van der Waals surface area (Å²) in [6.07, 6.45) is -4.73. The van der Waals surface area contributed by atoms with Crippen LogP contribution in [0.5, 0.6) is 0 Å². The monoisotopic (exact) mass is 335 g/mol. The zero-order valence-electron chi connectivity index (χ0n) is 9.84. The fraction of sp³-hybridized carbons (Fsp3) is 0.333. The van der Waals surface area contributed by atoms with E-state index in [4.69, 9.17) is 5.26 Å². The number of benzene rings is 1.